The smallest absolute Gasteiger partial charge is 0.168 e. The van der Waals surface area contributed by atoms with Crippen molar-refractivity contribution < 1.29 is 4.79 Å². The third-order valence-corrected chi connectivity index (χ3v) is 2.45. The van der Waals surface area contributed by atoms with Crippen molar-refractivity contribution >= 4 is 5.78 Å². The van der Waals surface area contributed by atoms with Gasteiger partial charge in [0.2, 0.25) is 0 Å². The number of aromatic nitrogens is 1. The zero-order valence-electron chi connectivity index (χ0n) is 9.36. The largest absolute Gasteiger partial charge is 0.330 e. The number of hydrogen-bond acceptors (Lipinski definition) is 3. The van der Waals surface area contributed by atoms with Crippen molar-refractivity contribution in [3.05, 3.63) is 29.6 Å². The quantitative estimate of drug-likeness (QED) is 0.749. The molecule has 1 aromatic rings. The van der Waals surface area contributed by atoms with Gasteiger partial charge in [-0.3, -0.25) is 9.78 Å². The Morgan fingerprint density at radius 1 is 1.53 bits per heavy atom. The number of ketones is 1. The van der Waals surface area contributed by atoms with Gasteiger partial charge in [0.25, 0.3) is 0 Å². The Hall–Kier alpha value is -1.22. The van der Waals surface area contributed by atoms with Gasteiger partial charge in [-0.15, -0.1) is 0 Å². The molecular formula is C12H18N2O. The molecule has 1 rings (SSSR count). The fraction of sp³-hybridized carbons (Fsp3) is 0.500. The van der Waals surface area contributed by atoms with Crippen LogP contribution < -0.4 is 5.73 Å². The highest BCUT2D eigenvalue weighted by atomic mass is 16.1. The molecule has 0 aromatic carbocycles. The molecule has 0 amide bonds. The Bertz CT molecular complexity index is 336. The summed E-state index contributed by atoms with van der Waals surface area (Å²) in [4.78, 5) is 16.0. The van der Waals surface area contributed by atoms with Crippen LogP contribution in [0.5, 0.6) is 0 Å². The van der Waals surface area contributed by atoms with Crippen LogP contribution in [-0.4, -0.2) is 17.3 Å². The Kier molecular flexibility index (Phi) is 4.43. The van der Waals surface area contributed by atoms with E-state index in [9.17, 15) is 4.79 Å². The molecule has 15 heavy (non-hydrogen) atoms. The second-order valence-corrected chi connectivity index (χ2v) is 3.84. The molecule has 3 nitrogen and oxygen atoms in total. The van der Waals surface area contributed by atoms with Gasteiger partial charge in [-0.25, -0.2) is 0 Å². The molecule has 1 heterocycles. The number of nitrogens with zero attached hydrogens (tertiary/aromatic N) is 1. The van der Waals surface area contributed by atoms with E-state index >= 15 is 0 Å². The third kappa shape index (κ3) is 3.13. The Balaban J connectivity index is 2.82. The summed E-state index contributed by atoms with van der Waals surface area (Å²) in [5.74, 6) is 0.0640. The van der Waals surface area contributed by atoms with Gasteiger partial charge in [0.1, 0.15) is 0 Å². The van der Waals surface area contributed by atoms with Gasteiger partial charge in [0.15, 0.2) is 5.78 Å². The van der Waals surface area contributed by atoms with Crippen LogP contribution in [0.2, 0.25) is 0 Å². The van der Waals surface area contributed by atoms with Crippen LogP contribution in [0.15, 0.2) is 18.5 Å². The van der Waals surface area contributed by atoms with E-state index in [0.717, 1.165) is 18.4 Å². The molecule has 0 aliphatic rings. The van der Waals surface area contributed by atoms with E-state index in [2.05, 4.69) is 11.9 Å². The Labute approximate surface area is 90.7 Å². The van der Waals surface area contributed by atoms with Crippen LogP contribution >= 0.6 is 0 Å². The molecule has 0 aliphatic heterocycles. The molecule has 3 heteroatoms. The molecule has 0 radical (unpaired) electrons. The van der Waals surface area contributed by atoms with Crippen molar-refractivity contribution in [1.82, 2.24) is 4.98 Å². The average Bonchev–Trinajstić information content (AvgIpc) is 2.25. The first-order chi connectivity index (χ1) is 7.19. The number of pyridine rings is 1. The monoisotopic (exact) mass is 206 g/mol. The molecule has 0 spiro atoms. The third-order valence-electron chi connectivity index (χ3n) is 2.45. The number of carbonyl (C=O) groups excluding carboxylic acids is 1. The molecule has 0 saturated heterocycles. The number of Topliss-reactive ketones (excluding diaryl/α,β-unsaturated/α-hetero) is 1. The van der Waals surface area contributed by atoms with Gasteiger partial charge in [0, 0.05) is 30.4 Å². The second-order valence-electron chi connectivity index (χ2n) is 3.84. The maximum absolute atomic E-state index is 12.0. The molecule has 1 atom stereocenters. The van der Waals surface area contributed by atoms with Gasteiger partial charge in [-0.2, -0.15) is 0 Å². The highest BCUT2D eigenvalue weighted by Crippen LogP contribution is 2.13. The van der Waals surface area contributed by atoms with Crippen molar-refractivity contribution in [2.45, 2.75) is 26.7 Å². The molecule has 0 bridgehead atoms. The van der Waals surface area contributed by atoms with Gasteiger partial charge in [-0.1, -0.05) is 13.3 Å². The van der Waals surface area contributed by atoms with Crippen LogP contribution in [0.3, 0.4) is 0 Å². The predicted molar refractivity (Wildman–Crippen MR) is 60.8 cm³/mol. The number of aryl methyl sites for hydroxylation is 1. The second kappa shape index (κ2) is 5.61. The van der Waals surface area contributed by atoms with Crippen LogP contribution in [0.25, 0.3) is 0 Å². The van der Waals surface area contributed by atoms with E-state index in [1.54, 1.807) is 12.4 Å². The summed E-state index contributed by atoms with van der Waals surface area (Å²) in [7, 11) is 0. The van der Waals surface area contributed by atoms with Crippen molar-refractivity contribution in [3.8, 4) is 0 Å². The Morgan fingerprint density at radius 3 is 2.80 bits per heavy atom. The molecule has 1 unspecified atom stereocenters. The molecule has 0 aliphatic carbocycles. The van der Waals surface area contributed by atoms with E-state index in [1.165, 1.54) is 0 Å². The highest BCUT2D eigenvalue weighted by molar-refractivity contribution is 5.97. The van der Waals surface area contributed by atoms with Gasteiger partial charge in [0.05, 0.1) is 0 Å². The van der Waals surface area contributed by atoms with E-state index < -0.39 is 0 Å². The molecular weight excluding hydrogens is 188 g/mol. The molecule has 0 saturated carbocycles. The first-order valence-corrected chi connectivity index (χ1v) is 5.35. The lowest BCUT2D eigenvalue weighted by Gasteiger charge is -2.12. The average molecular weight is 206 g/mol. The minimum Gasteiger partial charge on any atom is -0.330 e. The maximum atomic E-state index is 12.0. The summed E-state index contributed by atoms with van der Waals surface area (Å²) in [6.07, 6.45) is 5.19. The fourth-order valence-corrected chi connectivity index (χ4v) is 1.63. The zero-order chi connectivity index (χ0) is 11.3. The lowest BCUT2D eigenvalue weighted by molar-refractivity contribution is 0.0917. The number of hydrogen-bond donors (Lipinski definition) is 1. The first kappa shape index (κ1) is 11.9. The topological polar surface area (TPSA) is 56.0 Å². The van der Waals surface area contributed by atoms with Gasteiger partial charge >= 0.3 is 0 Å². The molecule has 2 N–H and O–H groups in total. The summed E-state index contributed by atoms with van der Waals surface area (Å²) < 4.78 is 0. The minimum absolute atomic E-state index is 0.0569. The summed E-state index contributed by atoms with van der Waals surface area (Å²) in [5, 5.41) is 0. The lowest BCUT2D eigenvalue weighted by atomic mass is 9.94. The fourth-order valence-electron chi connectivity index (χ4n) is 1.63. The predicted octanol–water partition coefficient (Wildman–Crippen LogP) is 1.95. The minimum atomic E-state index is -0.0569. The number of rotatable bonds is 5. The van der Waals surface area contributed by atoms with Crippen molar-refractivity contribution in [3.63, 3.8) is 0 Å². The number of carbonyl (C=O) groups is 1. The lowest BCUT2D eigenvalue weighted by Crippen LogP contribution is -2.23. The van der Waals surface area contributed by atoms with Crippen molar-refractivity contribution in [1.29, 1.82) is 0 Å². The standard InChI is InChI=1S/C12H18N2O/c1-3-4-10(6-13)12(15)11-5-9(2)7-14-8-11/h5,7-8,10H,3-4,6,13H2,1-2H3. The maximum Gasteiger partial charge on any atom is 0.168 e. The van der Waals surface area contributed by atoms with E-state index in [0.29, 0.717) is 12.1 Å². The van der Waals surface area contributed by atoms with Gasteiger partial charge < -0.3 is 5.73 Å². The van der Waals surface area contributed by atoms with Gasteiger partial charge in [-0.05, 0) is 25.0 Å². The van der Waals surface area contributed by atoms with E-state index in [4.69, 9.17) is 5.73 Å². The highest BCUT2D eigenvalue weighted by Gasteiger charge is 2.17. The molecule has 1 aromatic heterocycles. The molecule has 82 valence electrons. The summed E-state index contributed by atoms with van der Waals surface area (Å²) >= 11 is 0. The summed E-state index contributed by atoms with van der Waals surface area (Å²) in [6, 6.07) is 1.87. The van der Waals surface area contributed by atoms with Crippen LogP contribution in [-0.2, 0) is 0 Å². The normalized spacial score (nSPS) is 12.5. The van der Waals surface area contributed by atoms with Crippen LogP contribution in [0, 0.1) is 12.8 Å². The van der Waals surface area contributed by atoms with E-state index in [-0.39, 0.29) is 11.7 Å². The Morgan fingerprint density at radius 2 is 2.27 bits per heavy atom. The van der Waals surface area contributed by atoms with Crippen LogP contribution in [0.4, 0.5) is 0 Å². The van der Waals surface area contributed by atoms with Crippen molar-refractivity contribution in [2.24, 2.45) is 11.7 Å². The van der Waals surface area contributed by atoms with E-state index in [1.807, 2.05) is 13.0 Å². The number of nitrogens with two attached hydrogens (primary N) is 1. The van der Waals surface area contributed by atoms with Crippen molar-refractivity contribution in [2.75, 3.05) is 6.54 Å². The SMILES string of the molecule is CCCC(CN)C(=O)c1cncc(C)c1. The molecule has 0 fully saturated rings. The zero-order valence-corrected chi connectivity index (χ0v) is 9.36. The first-order valence-electron chi connectivity index (χ1n) is 5.35. The summed E-state index contributed by atoms with van der Waals surface area (Å²) in [6.45, 7) is 4.41. The summed E-state index contributed by atoms with van der Waals surface area (Å²) in [5.41, 5.74) is 7.28. The van der Waals surface area contributed by atoms with Crippen LogP contribution in [0.1, 0.15) is 35.7 Å².